The first-order chi connectivity index (χ1) is 6.20. The lowest BCUT2D eigenvalue weighted by Crippen LogP contribution is -2.40. The molecule has 1 aliphatic heterocycles. The number of carbonyl (C=O) groups is 1. The first kappa shape index (κ1) is 10.4. The third-order valence-corrected chi connectivity index (χ3v) is 2.10. The number of ether oxygens (including phenoxy) is 2. The van der Waals surface area contributed by atoms with E-state index < -0.39 is 6.10 Å². The zero-order valence-corrected chi connectivity index (χ0v) is 8.15. The Morgan fingerprint density at radius 1 is 1.62 bits per heavy atom. The zero-order valence-electron chi connectivity index (χ0n) is 8.15. The number of rotatable bonds is 3. The van der Waals surface area contributed by atoms with Crippen LogP contribution >= 0.6 is 0 Å². The largest absolute Gasteiger partial charge is 0.349 e. The van der Waals surface area contributed by atoms with E-state index in [0.29, 0.717) is 0 Å². The van der Waals surface area contributed by atoms with E-state index in [-0.39, 0.29) is 18.8 Å². The predicted molar refractivity (Wildman–Crippen MR) is 44.7 cm³/mol. The van der Waals surface area contributed by atoms with Crippen molar-refractivity contribution >= 4 is 5.91 Å². The SMILES string of the molecule is CCC1OCOC1C(=O)N(C)OC. The summed E-state index contributed by atoms with van der Waals surface area (Å²) in [6.45, 7) is 2.14. The van der Waals surface area contributed by atoms with E-state index in [2.05, 4.69) is 0 Å². The molecule has 5 heteroatoms. The Labute approximate surface area is 77.5 Å². The summed E-state index contributed by atoms with van der Waals surface area (Å²) in [7, 11) is 2.99. The molecule has 0 aromatic heterocycles. The quantitative estimate of drug-likeness (QED) is 0.593. The van der Waals surface area contributed by atoms with E-state index in [1.165, 1.54) is 7.11 Å². The molecular weight excluding hydrogens is 174 g/mol. The third kappa shape index (κ3) is 2.18. The highest BCUT2D eigenvalue weighted by Gasteiger charge is 2.36. The maximum absolute atomic E-state index is 11.5. The Hall–Kier alpha value is -0.650. The summed E-state index contributed by atoms with van der Waals surface area (Å²) in [6.07, 6.45) is 0.0913. The minimum Gasteiger partial charge on any atom is -0.349 e. The van der Waals surface area contributed by atoms with Crippen LogP contribution in [-0.2, 0) is 19.1 Å². The smallest absolute Gasteiger partial charge is 0.277 e. The lowest BCUT2D eigenvalue weighted by Gasteiger charge is -2.20. The molecule has 1 heterocycles. The van der Waals surface area contributed by atoms with Crippen LogP contribution in [0.25, 0.3) is 0 Å². The summed E-state index contributed by atoms with van der Waals surface area (Å²) in [5.41, 5.74) is 0. The van der Waals surface area contributed by atoms with Crippen LogP contribution in [0.2, 0.25) is 0 Å². The molecule has 0 saturated carbocycles. The van der Waals surface area contributed by atoms with Crippen molar-refractivity contribution in [3.63, 3.8) is 0 Å². The van der Waals surface area contributed by atoms with Crippen LogP contribution in [0.4, 0.5) is 0 Å². The van der Waals surface area contributed by atoms with Crippen LogP contribution < -0.4 is 0 Å². The summed E-state index contributed by atoms with van der Waals surface area (Å²) in [5, 5.41) is 1.15. The summed E-state index contributed by atoms with van der Waals surface area (Å²) in [6, 6.07) is 0. The van der Waals surface area contributed by atoms with Crippen LogP contribution in [0.3, 0.4) is 0 Å². The summed E-state index contributed by atoms with van der Waals surface area (Å²) >= 11 is 0. The fourth-order valence-electron chi connectivity index (χ4n) is 1.23. The molecule has 2 unspecified atom stereocenters. The van der Waals surface area contributed by atoms with E-state index in [4.69, 9.17) is 14.3 Å². The Morgan fingerprint density at radius 2 is 2.31 bits per heavy atom. The normalized spacial score (nSPS) is 27.6. The molecule has 0 bridgehead atoms. The molecule has 2 atom stereocenters. The first-order valence-electron chi connectivity index (χ1n) is 4.25. The molecule has 0 aliphatic carbocycles. The van der Waals surface area contributed by atoms with Crippen molar-refractivity contribution in [3.8, 4) is 0 Å². The molecule has 13 heavy (non-hydrogen) atoms. The Bertz CT molecular complexity index is 185. The average molecular weight is 189 g/mol. The van der Waals surface area contributed by atoms with Gasteiger partial charge in [-0.1, -0.05) is 6.92 Å². The van der Waals surface area contributed by atoms with E-state index >= 15 is 0 Å². The highest BCUT2D eigenvalue weighted by atomic mass is 16.7. The van der Waals surface area contributed by atoms with Crippen molar-refractivity contribution in [1.29, 1.82) is 0 Å². The van der Waals surface area contributed by atoms with Gasteiger partial charge in [0.25, 0.3) is 5.91 Å². The molecule has 1 fully saturated rings. The topological polar surface area (TPSA) is 48.0 Å². The number of amides is 1. The second-order valence-corrected chi connectivity index (χ2v) is 2.84. The van der Waals surface area contributed by atoms with Crippen molar-refractivity contribution in [3.05, 3.63) is 0 Å². The second-order valence-electron chi connectivity index (χ2n) is 2.84. The minimum atomic E-state index is -0.519. The standard InChI is InChI=1S/C8H15NO4/c1-4-6-7(13-5-12-6)8(10)9(2)11-3/h6-7H,4-5H2,1-3H3. The summed E-state index contributed by atoms with van der Waals surface area (Å²) < 4.78 is 10.4. The molecule has 1 rings (SSSR count). The second kappa shape index (κ2) is 4.55. The van der Waals surface area contributed by atoms with Gasteiger partial charge < -0.3 is 9.47 Å². The molecule has 0 aromatic carbocycles. The molecule has 0 radical (unpaired) electrons. The van der Waals surface area contributed by atoms with Gasteiger partial charge in [-0.25, -0.2) is 5.06 Å². The molecular formula is C8H15NO4. The lowest BCUT2D eigenvalue weighted by molar-refractivity contribution is -0.179. The van der Waals surface area contributed by atoms with Crippen LogP contribution in [0.15, 0.2) is 0 Å². The summed E-state index contributed by atoms with van der Waals surface area (Å²) in [4.78, 5) is 16.3. The van der Waals surface area contributed by atoms with E-state index in [1.54, 1.807) is 7.05 Å². The number of hydroxylamine groups is 2. The van der Waals surface area contributed by atoms with Gasteiger partial charge in [0, 0.05) is 7.05 Å². The average Bonchev–Trinajstić information content (AvgIpc) is 2.62. The fourth-order valence-corrected chi connectivity index (χ4v) is 1.23. The Morgan fingerprint density at radius 3 is 2.85 bits per heavy atom. The van der Waals surface area contributed by atoms with Gasteiger partial charge in [0.15, 0.2) is 6.10 Å². The van der Waals surface area contributed by atoms with Gasteiger partial charge in [-0.2, -0.15) is 0 Å². The van der Waals surface area contributed by atoms with E-state index in [9.17, 15) is 4.79 Å². The van der Waals surface area contributed by atoms with Gasteiger partial charge in [0.05, 0.1) is 13.2 Å². The molecule has 76 valence electrons. The third-order valence-electron chi connectivity index (χ3n) is 2.10. The fraction of sp³-hybridized carbons (Fsp3) is 0.875. The van der Waals surface area contributed by atoms with E-state index in [1.807, 2.05) is 6.92 Å². The van der Waals surface area contributed by atoms with Crippen LogP contribution in [-0.4, -0.2) is 44.1 Å². The van der Waals surface area contributed by atoms with E-state index in [0.717, 1.165) is 11.5 Å². The molecule has 1 aliphatic rings. The molecule has 0 aromatic rings. The van der Waals surface area contributed by atoms with Crippen molar-refractivity contribution in [2.24, 2.45) is 0 Å². The monoisotopic (exact) mass is 189 g/mol. The van der Waals surface area contributed by atoms with Gasteiger partial charge in [0.2, 0.25) is 0 Å². The Balaban J connectivity index is 2.54. The highest BCUT2D eigenvalue weighted by molar-refractivity contribution is 5.80. The van der Waals surface area contributed by atoms with Gasteiger partial charge in [-0.05, 0) is 6.42 Å². The van der Waals surface area contributed by atoms with Crippen LogP contribution in [0.5, 0.6) is 0 Å². The lowest BCUT2D eigenvalue weighted by atomic mass is 10.1. The maximum atomic E-state index is 11.5. The molecule has 0 spiro atoms. The predicted octanol–water partition coefficient (Wildman–Crippen LogP) is 0.158. The zero-order chi connectivity index (χ0) is 9.84. The number of nitrogens with zero attached hydrogens (tertiary/aromatic N) is 1. The van der Waals surface area contributed by atoms with Crippen molar-refractivity contribution < 1.29 is 19.1 Å². The summed E-state index contributed by atoms with van der Waals surface area (Å²) in [5.74, 6) is -0.202. The maximum Gasteiger partial charge on any atom is 0.277 e. The number of likely N-dealkylation sites (N-methyl/N-ethyl adjacent to an activating group) is 1. The van der Waals surface area contributed by atoms with Crippen LogP contribution in [0, 0.1) is 0 Å². The van der Waals surface area contributed by atoms with Gasteiger partial charge in [0.1, 0.15) is 6.79 Å². The number of carbonyl (C=O) groups excluding carboxylic acids is 1. The molecule has 5 nitrogen and oxygen atoms in total. The highest BCUT2D eigenvalue weighted by Crippen LogP contribution is 2.17. The number of hydrogen-bond acceptors (Lipinski definition) is 4. The van der Waals surface area contributed by atoms with Gasteiger partial charge >= 0.3 is 0 Å². The molecule has 1 saturated heterocycles. The molecule has 0 N–H and O–H groups in total. The van der Waals surface area contributed by atoms with Crippen molar-refractivity contribution in [2.45, 2.75) is 25.6 Å². The van der Waals surface area contributed by atoms with Gasteiger partial charge in [-0.15, -0.1) is 0 Å². The molecule has 1 amide bonds. The van der Waals surface area contributed by atoms with Gasteiger partial charge in [-0.3, -0.25) is 9.63 Å². The van der Waals surface area contributed by atoms with Crippen LogP contribution in [0.1, 0.15) is 13.3 Å². The number of hydrogen-bond donors (Lipinski definition) is 0. The minimum absolute atomic E-state index is 0.148. The first-order valence-corrected chi connectivity index (χ1v) is 4.25. The van der Waals surface area contributed by atoms with Crippen molar-refractivity contribution in [2.75, 3.05) is 21.0 Å². The van der Waals surface area contributed by atoms with Crippen molar-refractivity contribution in [1.82, 2.24) is 5.06 Å². The Kier molecular flexibility index (Phi) is 3.65.